The number of benzene rings is 1. The molecule has 3 nitrogen and oxygen atoms in total. The van der Waals surface area contributed by atoms with Gasteiger partial charge in [-0.05, 0) is 30.5 Å². The molecule has 0 bridgehead atoms. The van der Waals surface area contributed by atoms with Gasteiger partial charge in [-0.2, -0.15) is 0 Å². The third-order valence-corrected chi connectivity index (χ3v) is 2.43. The minimum atomic E-state index is 0.00780. The largest absolute Gasteiger partial charge is 0.396 e. The van der Waals surface area contributed by atoms with E-state index in [1.54, 1.807) is 6.07 Å². The summed E-state index contributed by atoms with van der Waals surface area (Å²) >= 11 is 5.82. The molecule has 1 aromatic carbocycles. The summed E-state index contributed by atoms with van der Waals surface area (Å²) in [5.41, 5.74) is 0.989. The van der Waals surface area contributed by atoms with E-state index in [1.807, 2.05) is 18.2 Å². The number of hydrogen-bond donors (Lipinski definition) is 2. The molecule has 16 heavy (non-hydrogen) atoms. The second kappa shape index (κ2) is 7.25. The Balaban J connectivity index is 2.26. The minimum absolute atomic E-state index is 0.00780. The fraction of sp³-hybridized carbons (Fsp3) is 0.417. The van der Waals surface area contributed by atoms with E-state index in [0.29, 0.717) is 24.4 Å². The van der Waals surface area contributed by atoms with Crippen LogP contribution < -0.4 is 5.32 Å². The molecular weight excluding hydrogens is 226 g/mol. The maximum absolute atomic E-state index is 11.4. The molecule has 0 aliphatic carbocycles. The molecule has 0 fully saturated rings. The Labute approximate surface area is 100 Å². The van der Waals surface area contributed by atoms with E-state index in [9.17, 15) is 4.79 Å². The second-order valence-corrected chi connectivity index (χ2v) is 4.02. The fourth-order valence-electron chi connectivity index (χ4n) is 1.33. The molecule has 0 unspecified atom stereocenters. The first kappa shape index (κ1) is 13.0. The maximum Gasteiger partial charge on any atom is 0.220 e. The van der Waals surface area contributed by atoms with Crippen molar-refractivity contribution in [3.63, 3.8) is 0 Å². The number of rotatable bonds is 6. The van der Waals surface area contributed by atoms with Gasteiger partial charge in [-0.1, -0.05) is 23.7 Å². The van der Waals surface area contributed by atoms with Gasteiger partial charge in [-0.3, -0.25) is 4.79 Å². The van der Waals surface area contributed by atoms with Crippen LogP contribution in [0, 0.1) is 0 Å². The Hall–Kier alpha value is -1.06. The lowest BCUT2D eigenvalue weighted by Gasteiger charge is -2.05. The van der Waals surface area contributed by atoms with Crippen LogP contribution in [0.1, 0.15) is 24.8 Å². The van der Waals surface area contributed by atoms with E-state index in [0.717, 1.165) is 12.0 Å². The van der Waals surface area contributed by atoms with Crippen LogP contribution in [0.25, 0.3) is 0 Å². The van der Waals surface area contributed by atoms with E-state index in [4.69, 9.17) is 16.7 Å². The van der Waals surface area contributed by atoms with Gasteiger partial charge in [0, 0.05) is 24.6 Å². The van der Waals surface area contributed by atoms with E-state index >= 15 is 0 Å². The first-order valence-electron chi connectivity index (χ1n) is 5.34. The lowest BCUT2D eigenvalue weighted by molar-refractivity contribution is -0.121. The number of aliphatic hydroxyl groups excluding tert-OH is 1. The average molecular weight is 242 g/mol. The van der Waals surface area contributed by atoms with Crippen LogP contribution in [-0.2, 0) is 11.3 Å². The summed E-state index contributed by atoms with van der Waals surface area (Å²) in [7, 11) is 0. The number of carbonyl (C=O) groups excluding carboxylic acids is 1. The molecule has 0 saturated heterocycles. The van der Waals surface area contributed by atoms with Crippen molar-refractivity contribution < 1.29 is 9.90 Å². The Kier molecular flexibility index (Phi) is 5.90. The van der Waals surface area contributed by atoms with Gasteiger partial charge >= 0.3 is 0 Å². The van der Waals surface area contributed by atoms with Gasteiger partial charge in [0.25, 0.3) is 0 Å². The smallest absolute Gasteiger partial charge is 0.220 e. The molecule has 0 atom stereocenters. The van der Waals surface area contributed by atoms with Crippen LogP contribution in [0.4, 0.5) is 0 Å². The lowest BCUT2D eigenvalue weighted by atomic mass is 10.2. The monoisotopic (exact) mass is 241 g/mol. The Morgan fingerprint density at radius 3 is 2.88 bits per heavy atom. The zero-order chi connectivity index (χ0) is 11.8. The van der Waals surface area contributed by atoms with Gasteiger partial charge < -0.3 is 10.4 Å². The highest BCUT2D eigenvalue weighted by Gasteiger charge is 2.01. The van der Waals surface area contributed by atoms with Crippen molar-refractivity contribution in [2.75, 3.05) is 6.61 Å². The Morgan fingerprint density at radius 2 is 2.19 bits per heavy atom. The first-order valence-corrected chi connectivity index (χ1v) is 5.72. The molecule has 0 spiro atoms. The summed E-state index contributed by atoms with van der Waals surface area (Å²) in [5, 5.41) is 12.1. The highest BCUT2D eigenvalue weighted by molar-refractivity contribution is 6.30. The summed E-state index contributed by atoms with van der Waals surface area (Å²) in [4.78, 5) is 11.4. The quantitative estimate of drug-likeness (QED) is 0.750. The van der Waals surface area contributed by atoms with Crippen molar-refractivity contribution in [1.82, 2.24) is 5.32 Å². The zero-order valence-electron chi connectivity index (χ0n) is 9.08. The number of nitrogens with one attached hydrogen (secondary N) is 1. The molecule has 4 heteroatoms. The topological polar surface area (TPSA) is 49.3 Å². The summed E-state index contributed by atoms with van der Waals surface area (Å²) in [5.74, 6) is 0.00780. The van der Waals surface area contributed by atoms with Gasteiger partial charge in [0.05, 0.1) is 0 Å². The molecule has 0 aromatic heterocycles. The Bertz CT molecular complexity index is 342. The van der Waals surface area contributed by atoms with Crippen molar-refractivity contribution >= 4 is 17.5 Å². The molecule has 0 heterocycles. The highest BCUT2D eigenvalue weighted by Crippen LogP contribution is 2.10. The summed E-state index contributed by atoms with van der Waals surface area (Å²) in [6.45, 7) is 0.639. The van der Waals surface area contributed by atoms with Crippen molar-refractivity contribution in [2.24, 2.45) is 0 Å². The number of halogens is 1. The lowest BCUT2D eigenvalue weighted by Crippen LogP contribution is -2.22. The zero-order valence-corrected chi connectivity index (χ0v) is 9.83. The fourth-order valence-corrected chi connectivity index (χ4v) is 1.55. The van der Waals surface area contributed by atoms with Gasteiger partial charge in [0.2, 0.25) is 5.91 Å². The minimum Gasteiger partial charge on any atom is -0.396 e. The van der Waals surface area contributed by atoms with Crippen LogP contribution in [0.3, 0.4) is 0 Å². The number of hydrogen-bond acceptors (Lipinski definition) is 2. The average Bonchev–Trinajstić information content (AvgIpc) is 2.27. The van der Waals surface area contributed by atoms with Crippen LogP contribution in [0.5, 0.6) is 0 Å². The summed E-state index contributed by atoms with van der Waals surface area (Å²) in [6, 6.07) is 7.40. The van der Waals surface area contributed by atoms with E-state index < -0.39 is 0 Å². The van der Waals surface area contributed by atoms with Gasteiger partial charge in [-0.15, -0.1) is 0 Å². The van der Waals surface area contributed by atoms with E-state index in [1.165, 1.54) is 0 Å². The van der Waals surface area contributed by atoms with Crippen molar-refractivity contribution in [2.45, 2.75) is 25.8 Å². The first-order chi connectivity index (χ1) is 7.72. The molecule has 1 amide bonds. The second-order valence-electron chi connectivity index (χ2n) is 3.59. The number of aliphatic hydroxyl groups is 1. The third-order valence-electron chi connectivity index (χ3n) is 2.19. The molecule has 88 valence electrons. The maximum atomic E-state index is 11.4. The summed E-state index contributed by atoms with van der Waals surface area (Å²) < 4.78 is 0. The van der Waals surface area contributed by atoms with Crippen LogP contribution in [0.2, 0.25) is 5.02 Å². The predicted octanol–water partition coefficient (Wildman–Crippen LogP) is 2.12. The van der Waals surface area contributed by atoms with E-state index in [2.05, 4.69) is 5.32 Å². The summed E-state index contributed by atoms with van der Waals surface area (Å²) in [6.07, 6.45) is 1.85. The van der Waals surface area contributed by atoms with Gasteiger partial charge in [0.1, 0.15) is 0 Å². The molecule has 1 aromatic rings. The molecular formula is C12H16ClNO2. The number of carbonyl (C=O) groups is 1. The normalized spacial score (nSPS) is 10.1. The predicted molar refractivity (Wildman–Crippen MR) is 64.2 cm³/mol. The van der Waals surface area contributed by atoms with Crippen LogP contribution in [-0.4, -0.2) is 17.6 Å². The SMILES string of the molecule is O=C(CCCCO)NCc1cccc(Cl)c1. The van der Waals surface area contributed by atoms with Gasteiger partial charge in [-0.25, -0.2) is 0 Å². The molecule has 0 aliphatic rings. The molecule has 0 aliphatic heterocycles. The van der Waals surface area contributed by atoms with Crippen LogP contribution in [0.15, 0.2) is 24.3 Å². The number of unbranched alkanes of at least 4 members (excludes halogenated alkanes) is 1. The standard InChI is InChI=1S/C12H16ClNO2/c13-11-5-3-4-10(8-11)9-14-12(16)6-1-2-7-15/h3-5,8,15H,1-2,6-7,9H2,(H,14,16). The molecule has 0 radical (unpaired) electrons. The third kappa shape index (κ3) is 5.14. The van der Waals surface area contributed by atoms with E-state index in [-0.39, 0.29) is 12.5 Å². The van der Waals surface area contributed by atoms with Crippen LogP contribution >= 0.6 is 11.6 Å². The number of amides is 1. The molecule has 1 rings (SSSR count). The van der Waals surface area contributed by atoms with Gasteiger partial charge in [0.15, 0.2) is 0 Å². The Morgan fingerprint density at radius 1 is 1.38 bits per heavy atom. The molecule has 2 N–H and O–H groups in total. The van der Waals surface area contributed by atoms with Crippen molar-refractivity contribution in [3.05, 3.63) is 34.9 Å². The van der Waals surface area contributed by atoms with Crippen molar-refractivity contribution in [3.8, 4) is 0 Å². The molecule has 0 saturated carbocycles. The highest BCUT2D eigenvalue weighted by atomic mass is 35.5. The van der Waals surface area contributed by atoms with Crippen molar-refractivity contribution in [1.29, 1.82) is 0 Å².